The number of rotatable bonds is 6. The fourth-order valence-corrected chi connectivity index (χ4v) is 6.27. The minimum atomic E-state index is -0.149. The first-order valence-corrected chi connectivity index (χ1v) is 16.6. The summed E-state index contributed by atoms with van der Waals surface area (Å²) in [4.78, 5) is 5.19. The third-order valence-electron chi connectivity index (χ3n) is 9.03. The topological polar surface area (TPSA) is 63.3 Å². The van der Waals surface area contributed by atoms with Crippen molar-refractivity contribution in [1.82, 2.24) is 15.5 Å². The zero-order valence-electron chi connectivity index (χ0n) is 27.8. The fraction of sp³-hybridized carbons (Fsp3) is 0.114. The molecule has 6 aromatic carbocycles. The third-order valence-corrected chi connectivity index (χ3v) is 9.03. The molecular formula is C44H36N4O. The van der Waals surface area contributed by atoms with Gasteiger partial charge in [0.15, 0.2) is 0 Å². The highest BCUT2D eigenvalue weighted by Crippen LogP contribution is 2.34. The first-order valence-electron chi connectivity index (χ1n) is 16.6. The van der Waals surface area contributed by atoms with E-state index in [0.717, 1.165) is 50.1 Å². The number of benzene rings is 6. The predicted octanol–water partition coefficient (Wildman–Crippen LogP) is 10.7. The lowest BCUT2D eigenvalue weighted by molar-refractivity contribution is 0.580. The van der Waals surface area contributed by atoms with Gasteiger partial charge >= 0.3 is 0 Å². The maximum atomic E-state index is 6.18. The lowest BCUT2D eigenvalue weighted by Gasteiger charge is -2.24. The largest absolute Gasteiger partial charge is 0.416 e. The highest BCUT2D eigenvalue weighted by atomic mass is 16.4. The molecule has 0 saturated carbocycles. The Balaban J connectivity index is 1.11. The molecule has 0 amide bonds. The summed E-state index contributed by atoms with van der Waals surface area (Å²) in [5.41, 5.74) is 9.74. The van der Waals surface area contributed by atoms with Crippen molar-refractivity contribution >= 4 is 22.3 Å². The van der Waals surface area contributed by atoms with Crippen LogP contribution >= 0.6 is 0 Å². The number of nitrogens with one attached hydrogen (secondary N) is 1. The normalized spacial score (nSPS) is 14.6. The molecule has 0 fully saturated rings. The Labute approximate surface area is 286 Å². The molecule has 0 bridgehead atoms. The molecule has 1 aromatic heterocycles. The van der Waals surface area contributed by atoms with E-state index in [4.69, 9.17) is 9.41 Å². The standard InChI is InChI=1S/C44H36N4O/c1-44(2,3)38-19-11-18-36(27-38)42-47-48-43(49-42)37-23-21-32-25-35(22-20-33(32)26-37)40-28-39(45-41(46-40)30-14-8-5-9-15-30)34-17-10-16-31(24-34)29-12-6-4-7-13-29/h4-28,39H,1-3H3,(H,45,46). The Hall–Kier alpha value is -6.07. The van der Waals surface area contributed by atoms with E-state index in [1.807, 2.05) is 42.5 Å². The highest BCUT2D eigenvalue weighted by molar-refractivity contribution is 6.05. The van der Waals surface area contributed by atoms with Gasteiger partial charge in [0.2, 0.25) is 11.8 Å². The summed E-state index contributed by atoms with van der Waals surface area (Å²) in [6.45, 7) is 6.60. The Kier molecular flexibility index (Phi) is 7.73. The van der Waals surface area contributed by atoms with Gasteiger partial charge in [0.25, 0.3) is 0 Å². The van der Waals surface area contributed by atoms with Gasteiger partial charge < -0.3 is 9.73 Å². The monoisotopic (exact) mass is 636 g/mol. The minimum Gasteiger partial charge on any atom is -0.416 e. The Bertz CT molecular complexity index is 2350. The van der Waals surface area contributed by atoms with Crippen molar-refractivity contribution in [3.8, 4) is 34.0 Å². The Morgan fingerprint density at radius 2 is 1.12 bits per heavy atom. The van der Waals surface area contributed by atoms with Gasteiger partial charge in [-0.25, -0.2) is 0 Å². The van der Waals surface area contributed by atoms with Gasteiger partial charge in [-0.2, -0.15) is 0 Å². The van der Waals surface area contributed by atoms with E-state index >= 15 is 0 Å². The smallest absolute Gasteiger partial charge is 0.248 e. The number of fused-ring (bicyclic) bond motifs is 1. The van der Waals surface area contributed by atoms with Crippen LogP contribution in [0.15, 0.2) is 161 Å². The molecule has 8 rings (SSSR count). The second-order valence-corrected chi connectivity index (χ2v) is 13.5. The molecule has 1 N–H and O–H groups in total. The maximum absolute atomic E-state index is 6.18. The van der Waals surface area contributed by atoms with Crippen LogP contribution in [-0.4, -0.2) is 16.0 Å². The second kappa shape index (κ2) is 12.5. The van der Waals surface area contributed by atoms with Gasteiger partial charge in [-0.1, -0.05) is 130 Å². The molecule has 0 aliphatic carbocycles. The van der Waals surface area contributed by atoms with E-state index in [9.17, 15) is 0 Å². The van der Waals surface area contributed by atoms with E-state index < -0.39 is 0 Å². The molecule has 5 heteroatoms. The Morgan fingerprint density at radius 1 is 0.531 bits per heavy atom. The molecule has 2 heterocycles. The number of hydrogen-bond acceptors (Lipinski definition) is 5. The predicted molar refractivity (Wildman–Crippen MR) is 200 cm³/mol. The second-order valence-electron chi connectivity index (χ2n) is 13.5. The molecule has 0 saturated heterocycles. The molecule has 0 radical (unpaired) electrons. The summed E-state index contributed by atoms with van der Waals surface area (Å²) in [5.74, 6) is 1.87. The molecule has 0 spiro atoms. The van der Waals surface area contributed by atoms with Crippen LogP contribution in [0.1, 0.15) is 49.1 Å². The molecule has 1 unspecified atom stereocenters. The van der Waals surface area contributed by atoms with Gasteiger partial charge in [0.1, 0.15) is 5.84 Å². The first-order chi connectivity index (χ1) is 23.9. The van der Waals surface area contributed by atoms with E-state index in [0.29, 0.717) is 11.8 Å². The van der Waals surface area contributed by atoms with Gasteiger partial charge in [-0.15, -0.1) is 10.2 Å². The van der Waals surface area contributed by atoms with Crippen LogP contribution < -0.4 is 5.32 Å². The first kappa shape index (κ1) is 30.3. The molecular weight excluding hydrogens is 601 g/mol. The summed E-state index contributed by atoms with van der Waals surface area (Å²) in [6.07, 6.45) is 2.22. The number of hydrogen-bond donors (Lipinski definition) is 1. The Morgan fingerprint density at radius 3 is 1.84 bits per heavy atom. The minimum absolute atomic E-state index is 0.0313. The van der Waals surface area contributed by atoms with Crippen LogP contribution in [0.5, 0.6) is 0 Å². The molecule has 49 heavy (non-hydrogen) atoms. The average molecular weight is 637 g/mol. The summed E-state index contributed by atoms with van der Waals surface area (Å²) < 4.78 is 6.18. The molecule has 1 aliphatic heterocycles. The lowest BCUT2D eigenvalue weighted by atomic mass is 9.86. The van der Waals surface area contributed by atoms with Crippen LogP contribution in [0.2, 0.25) is 0 Å². The van der Waals surface area contributed by atoms with Crippen molar-refractivity contribution in [3.05, 3.63) is 174 Å². The molecule has 1 atom stereocenters. The quantitative estimate of drug-likeness (QED) is 0.197. The number of aliphatic imine (C=N–C) groups is 1. The van der Waals surface area contributed by atoms with Crippen molar-refractivity contribution in [2.45, 2.75) is 32.2 Å². The summed E-state index contributed by atoms with van der Waals surface area (Å²) in [7, 11) is 0. The van der Waals surface area contributed by atoms with Crippen LogP contribution in [0.4, 0.5) is 0 Å². The summed E-state index contributed by atoms with van der Waals surface area (Å²) in [6, 6.07) is 50.5. The zero-order valence-corrected chi connectivity index (χ0v) is 27.8. The maximum Gasteiger partial charge on any atom is 0.248 e. The third kappa shape index (κ3) is 6.31. The van der Waals surface area contributed by atoms with E-state index in [2.05, 4.69) is 145 Å². The number of aromatic nitrogens is 2. The molecule has 238 valence electrons. The van der Waals surface area contributed by atoms with Gasteiger partial charge in [-0.05, 0) is 86.5 Å². The van der Waals surface area contributed by atoms with Gasteiger partial charge in [0, 0.05) is 22.4 Å². The fourth-order valence-electron chi connectivity index (χ4n) is 6.27. The van der Waals surface area contributed by atoms with E-state index in [-0.39, 0.29) is 11.5 Å². The van der Waals surface area contributed by atoms with Gasteiger partial charge in [-0.3, -0.25) is 4.99 Å². The summed E-state index contributed by atoms with van der Waals surface area (Å²) >= 11 is 0. The number of nitrogens with zero attached hydrogens (tertiary/aromatic N) is 3. The lowest BCUT2D eigenvalue weighted by Crippen LogP contribution is -2.27. The van der Waals surface area contributed by atoms with Crippen molar-refractivity contribution in [3.63, 3.8) is 0 Å². The molecule has 7 aromatic rings. The van der Waals surface area contributed by atoms with Crippen molar-refractivity contribution in [2.24, 2.45) is 4.99 Å². The zero-order chi connectivity index (χ0) is 33.4. The summed E-state index contributed by atoms with van der Waals surface area (Å²) in [5, 5.41) is 14.6. The average Bonchev–Trinajstić information content (AvgIpc) is 3.65. The molecule has 5 nitrogen and oxygen atoms in total. The number of amidine groups is 1. The SMILES string of the molecule is CC(C)(C)c1cccc(-c2nnc(-c3ccc4cc(C5=CC(c6cccc(-c7ccccc7)c6)N=C(c6ccccc6)N5)ccc4c3)o2)c1. The van der Waals surface area contributed by atoms with Crippen LogP contribution in [-0.2, 0) is 5.41 Å². The highest BCUT2D eigenvalue weighted by Gasteiger charge is 2.21. The van der Waals surface area contributed by atoms with Crippen LogP contribution in [0.3, 0.4) is 0 Å². The van der Waals surface area contributed by atoms with Crippen LogP contribution in [0, 0.1) is 0 Å². The van der Waals surface area contributed by atoms with Crippen LogP contribution in [0.25, 0.3) is 50.5 Å². The molecule has 1 aliphatic rings. The van der Waals surface area contributed by atoms with Crippen molar-refractivity contribution < 1.29 is 4.42 Å². The van der Waals surface area contributed by atoms with Gasteiger partial charge in [0.05, 0.1) is 6.04 Å². The van der Waals surface area contributed by atoms with E-state index in [1.165, 1.54) is 16.7 Å². The van der Waals surface area contributed by atoms with Crippen molar-refractivity contribution in [2.75, 3.05) is 0 Å². The van der Waals surface area contributed by atoms with Crippen molar-refractivity contribution in [1.29, 1.82) is 0 Å². The van der Waals surface area contributed by atoms with E-state index in [1.54, 1.807) is 0 Å².